The van der Waals surface area contributed by atoms with E-state index in [0.29, 0.717) is 22.3 Å². The van der Waals surface area contributed by atoms with E-state index in [1.165, 1.54) is 23.7 Å². The third-order valence-electron chi connectivity index (χ3n) is 4.00. The number of carbonyl (C=O) groups is 2. The molecule has 2 amide bonds. The van der Waals surface area contributed by atoms with E-state index in [9.17, 15) is 9.59 Å². The van der Waals surface area contributed by atoms with Gasteiger partial charge >= 0.3 is 0 Å². The van der Waals surface area contributed by atoms with Gasteiger partial charge in [-0.2, -0.15) is 0 Å². The molecule has 154 valence electrons. The van der Waals surface area contributed by atoms with Crippen molar-refractivity contribution in [1.29, 1.82) is 0 Å². The van der Waals surface area contributed by atoms with Crippen molar-refractivity contribution in [3.63, 3.8) is 0 Å². The SMILES string of the molecule is O=C(Cc1csc(NC(=O)c2ncccn2)n1)Nc1ccc(Oc2ccccc2)cc1. The molecule has 0 radical (unpaired) electrons. The van der Waals surface area contributed by atoms with Gasteiger partial charge in [-0.1, -0.05) is 18.2 Å². The topological polar surface area (TPSA) is 106 Å². The van der Waals surface area contributed by atoms with Crippen LogP contribution in [0.4, 0.5) is 10.8 Å². The minimum absolute atomic E-state index is 0.0525. The summed E-state index contributed by atoms with van der Waals surface area (Å²) in [6.45, 7) is 0. The number of para-hydroxylation sites is 1. The van der Waals surface area contributed by atoms with Crippen LogP contribution in [0.3, 0.4) is 0 Å². The maximum atomic E-state index is 12.3. The summed E-state index contributed by atoms with van der Waals surface area (Å²) in [6.07, 6.45) is 3.05. The number of anilines is 2. The van der Waals surface area contributed by atoms with Crippen LogP contribution in [-0.2, 0) is 11.2 Å². The molecule has 0 bridgehead atoms. The standard InChI is InChI=1S/C22H17N5O3S/c28-19(25-15-7-9-18(10-8-15)30-17-5-2-1-3-6-17)13-16-14-31-22(26-16)27-21(29)20-23-11-4-12-24-20/h1-12,14H,13H2,(H,25,28)(H,26,27,29). The molecule has 2 aromatic carbocycles. The number of thiazole rings is 1. The molecule has 0 aliphatic heterocycles. The molecular formula is C22H17N5O3S. The molecule has 0 aliphatic rings. The highest BCUT2D eigenvalue weighted by molar-refractivity contribution is 7.14. The van der Waals surface area contributed by atoms with Crippen molar-refractivity contribution in [2.45, 2.75) is 6.42 Å². The molecule has 9 heteroatoms. The fourth-order valence-corrected chi connectivity index (χ4v) is 3.32. The number of benzene rings is 2. The first-order valence-electron chi connectivity index (χ1n) is 9.31. The average Bonchev–Trinajstić information content (AvgIpc) is 3.23. The average molecular weight is 431 g/mol. The molecule has 0 saturated carbocycles. The van der Waals surface area contributed by atoms with Gasteiger partial charge in [0.05, 0.1) is 12.1 Å². The van der Waals surface area contributed by atoms with E-state index in [2.05, 4.69) is 25.6 Å². The predicted octanol–water partition coefficient (Wildman–Crippen LogP) is 4.16. The Bertz CT molecular complexity index is 1160. The smallest absolute Gasteiger partial charge is 0.295 e. The number of nitrogens with one attached hydrogen (secondary N) is 2. The van der Waals surface area contributed by atoms with Crippen LogP contribution in [0.5, 0.6) is 11.5 Å². The summed E-state index contributed by atoms with van der Waals surface area (Å²) in [7, 11) is 0. The lowest BCUT2D eigenvalue weighted by Gasteiger charge is -2.07. The first-order valence-corrected chi connectivity index (χ1v) is 10.2. The van der Waals surface area contributed by atoms with Crippen molar-refractivity contribution < 1.29 is 14.3 Å². The number of rotatable bonds is 7. The predicted molar refractivity (Wildman–Crippen MR) is 117 cm³/mol. The molecular weight excluding hydrogens is 414 g/mol. The van der Waals surface area contributed by atoms with E-state index >= 15 is 0 Å². The minimum atomic E-state index is -0.455. The summed E-state index contributed by atoms with van der Waals surface area (Å²) in [5, 5.41) is 7.54. The van der Waals surface area contributed by atoms with Gasteiger partial charge in [0.1, 0.15) is 11.5 Å². The Morgan fingerprint density at radius 3 is 2.32 bits per heavy atom. The normalized spacial score (nSPS) is 10.3. The van der Waals surface area contributed by atoms with E-state index in [-0.39, 0.29) is 18.2 Å². The second-order valence-electron chi connectivity index (χ2n) is 6.33. The van der Waals surface area contributed by atoms with E-state index in [1.54, 1.807) is 35.7 Å². The van der Waals surface area contributed by atoms with Crippen LogP contribution in [0.2, 0.25) is 0 Å². The summed E-state index contributed by atoms with van der Waals surface area (Å²) in [5.41, 5.74) is 1.20. The molecule has 31 heavy (non-hydrogen) atoms. The summed E-state index contributed by atoms with van der Waals surface area (Å²) in [4.78, 5) is 36.4. The molecule has 0 atom stereocenters. The molecule has 0 unspecified atom stereocenters. The van der Waals surface area contributed by atoms with Gasteiger partial charge in [-0.15, -0.1) is 11.3 Å². The Morgan fingerprint density at radius 2 is 1.58 bits per heavy atom. The largest absolute Gasteiger partial charge is 0.457 e. The first-order chi connectivity index (χ1) is 15.2. The highest BCUT2D eigenvalue weighted by Crippen LogP contribution is 2.23. The molecule has 2 aromatic heterocycles. The van der Waals surface area contributed by atoms with Crippen molar-refractivity contribution in [1.82, 2.24) is 15.0 Å². The van der Waals surface area contributed by atoms with E-state index in [0.717, 1.165) is 5.75 Å². The van der Waals surface area contributed by atoms with Gasteiger partial charge in [0.15, 0.2) is 5.13 Å². The quantitative estimate of drug-likeness (QED) is 0.455. The van der Waals surface area contributed by atoms with Crippen LogP contribution < -0.4 is 15.4 Å². The second kappa shape index (κ2) is 9.59. The maximum Gasteiger partial charge on any atom is 0.295 e. The lowest BCUT2D eigenvalue weighted by atomic mass is 10.2. The molecule has 2 heterocycles. The number of carbonyl (C=O) groups excluding carboxylic acids is 2. The van der Waals surface area contributed by atoms with E-state index in [1.807, 2.05) is 30.3 Å². The molecule has 0 saturated heterocycles. The number of nitrogens with zero attached hydrogens (tertiary/aromatic N) is 3. The molecule has 4 rings (SSSR count). The third-order valence-corrected chi connectivity index (χ3v) is 4.81. The number of amides is 2. The minimum Gasteiger partial charge on any atom is -0.457 e. The Balaban J connectivity index is 1.29. The zero-order valence-corrected chi connectivity index (χ0v) is 17.0. The Morgan fingerprint density at radius 1 is 0.871 bits per heavy atom. The second-order valence-corrected chi connectivity index (χ2v) is 7.19. The molecule has 2 N–H and O–H groups in total. The van der Waals surface area contributed by atoms with Gasteiger partial charge in [-0.25, -0.2) is 15.0 Å². The van der Waals surface area contributed by atoms with Crippen molar-refractivity contribution in [2.75, 3.05) is 10.6 Å². The highest BCUT2D eigenvalue weighted by Gasteiger charge is 2.13. The lowest BCUT2D eigenvalue weighted by molar-refractivity contribution is -0.115. The maximum absolute atomic E-state index is 12.3. The van der Waals surface area contributed by atoms with Gasteiger partial charge < -0.3 is 10.1 Å². The lowest BCUT2D eigenvalue weighted by Crippen LogP contribution is -2.16. The summed E-state index contributed by atoms with van der Waals surface area (Å²) < 4.78 is 5.74. The van der Waals surface area contributed by atoms with Gasteiger partial charge in [0, 0.05) is 23.5 Å². The zero-order chi connectivity index (χ0) is 21.5. The summed E-state index contributed by atoms with van der Waals surface area (Å²) in [5.74, 6) is 0.794. The number of ether oxygens (including phenoxy) is 1. The number of aromatic nitrogens is 3. The third kappa shape index (κ3) is 5.71. The van der Waals surface area contributed by atoms with Crippen LogP contribution >= 0.6 is 11.3 Å². The number of hydrogen-bond donors (Lipinski definition) is 2. The van der Waals surface area contributed by atoms with Gasteiger partial charge in [-0.05, 0) is 42.5 Å². The van der Waals surface area contributed by atoms with Crippen molar-refractivity contribution in [3.8, 4) is 11.5 Å². The molecule has 0 spiro atoms. The Labute approximate surface area is 182 Å². The fourth-order valence-electron chi connectivity index (χ4n) is 2.62. The summed E-state index contributed by atoms with van der Waals surface area (Å²) >= 11 is 1.23. The van der Waals surface area contributed by atoms with Crippen LogP contribution in [0.1, 0.15) is 16.3 Å². The molecule has 8 nitrogen and oxygen atoms in total. The van der Waals surface area contributed by atoms with Crippen LogP contribution in [-0.4, -0.2) is 26.8 Å². The zero-order valence-electron chi connectivity index (χ0n) is 16.2. The fraction of sp³-hybridized carbons (Fsp3) is 0.0455. The van der Waals surface area contributed by atoms with Crippen molar-refractivity contribution in [3.05, 3.63) is 90.0 Å². The van der Waals surface area contributed by atoms with E-state index in [4.69, 9.17) is 4.74 Å². The van der Waals surface area contributed by atoms with Crippen LogP contribution in [0.25, 0.3) is 0 Å². The summed E-state index contributed by atoms with van der Waals surface area (Å²) in [6, 6.07) is 18.2. The van der Waals surface area contributed by atoms with Gasteiger partial charge in [0.25, 0.3) is 5.91 Å². The van der Waals surface area contributed by atoms with Crippen molar-refractivity contribution in [2.24, 2.45) is 0 Å². The van der Waals surface area contributed by atoms with Gasteiger partial charge in [0.2, 0.25) is 11.7 Å². The Hall–Kier alpha value is -4.11. The van der Waals surface area contributed by atoms with Gasteiger partial charge in [-0.3, -0.25) is 14.9 Å². The Kier molecular flexibility index (Phi) is 6.24. The number of hydrogen-bond acceptors (Lipinski definition) is 7. The van der Waals surface area contributed by atoms with E-state index < -0.39 is 5.91 Å². The molecule has 0 aliphatic carbocycles. The highest BCUT2D eigenvalue weighted by atomic mass is 32.1. The van der Waals surface area contributed by atoms with Crippen LogP contribution in [0, 0.1) is 0 Å². The first kappa shape index (κ1) is 20.2. The molecule has 0 fully saturated rings. The molecule has 4 aromatic rings. The van der Waals surface area contributed by atoms with Crippen LogP contribution in [0.15, 0.2) is 78.4 Å². The monoisotopic (exact) mass is 431 g/mol. The van der Waals surface area contributed by atoms with Crippen molar-refractivity contribution >= 4 is 34.0 Å².